The summed E-state index contributed by atoms with van der Waals surface area (Å²) in [5, 5.41) is 4.28. The van der Waals surface area contributed by atoms with Crippen LogP contribution in [0.25, 0.3) is 0 Å². The van der Waals surface area contributed by atoms with Crippen molar-refractivity contribution in [3.63, 3.8) is 0 Å². The summed E-state index contributed by atoms with van der Waals surface area (Å²) < 4.78 is 41.4. The topological polar surface area (TPSA) is 81.1 Å². The van der Waals surface area contributed by atoms with E-state index < -0.39 is 15.8 Å². The van der Waals surface area contributed by atoms with E-state index in [4.69, 9.17) is 0 Å². The van der Waals surface area contributed by atoms with Gasteiger partial charge in [-0.25, -0.2) is 22.2 Å². The Hall–Kier alpha value is -2.06. The molecule has 6 nitrogen and oxygen atoms in total. The maximum Gasteiger partial charge on any atom is 0.266 e. The highest BCUT2D eigenvalue weighted by Crippen LogP contribution is 2.38. The van der Waals surface area contributed by atoms with Crippen LogP contribution < -0.4 is 10.3 Å². The van der Waals surface area contributed by atoms with E-state index in [2.05, 4.69) is 9.82 Å². The average Bonchev–Trinajstić information content (AvgIpc) is 3.33. The molecule has 0 saturated heterocycles. The Morgan fingerprint density at radius 3 is 2.71 bits per heavy atom. The minimum absolute atomic E-state index is 0.0240. The molecule has 128 valence electrons. The van der Waals surface area contributed by atoms with Gasteiger partial charge in [0.1, 0.15) is 5.82 Å². The second-order valence-electron chi connectivity index (χ2n) is 5.90. The van der Waals surface area contributed by atoms with Crippen molar-refractivity contribution in [3.8, 4) is 0 Å². The molecule has 0 atom stereocenters. The van der Waals surface area contributed by atoms with Gasteiger partial charge in [-0.1, -0.05) is 0 Å². The molecule has 2 aromatic rings. The van der Waals surface area contributed by atoms with E-state index in [9.17, 15) is 17.6 Å². The Morgan fingerprint density at radius 1 is 1.29 bits per heavy atom. The summed E-state index contributed by atoms with van der Waals surface area (Å²) in [4.78, 5) is 11.8. The average molecular weight is 351 g/mol. The number of nitrogens with one attached hydrogen (secondary N) is 1. The smallest absolute Gasteiger partial charge is 0.266 e. The predicted molar refractivity (Wildman–Crippen MR) is 86.8 cm³/mol. The Labute approximate surface area is 139 Å². The van der Waals surface area contributed by atoms with Crippen molar-refractivity contribution in [1.82, 2.24) is 14.5 Å². The van der Waals surface area contributed by atoms with E-state index >= 15 is 0 Å². The summed E-state index contributed by atoms with van der Waals surface area (Å²) in [6.07, 6.45) is 2.14. The fourth-order valence-electron chi connectivity index (χ4n) is 2.50. The Kier molecular flexibility index (Phi) is 4.51. The van der Waals surface area contributed by atoms with Crippen LogP contribution in [0.15, 0.2) is 40.0 Å². The van der Waals surface area contributed by atoms with Crippen LogP contribution in [0.4, 0.5) is 4.39 Å². The van der Waals surface area contributed by atoms with Gasteiger partial charge in [0.2, 0.25) is 10.0 Å². The lowest BCUT2D eigenvalue weighted by atomic mass is 10.2. The molecule has 3 rings (SSSR count). The summed E-state index contributed by atoms with van der Waals surface area (Å²) in [7, 11) is -3.76. The molecule has 1 heterocycles. The molecular formula is C16H18FN3O3S. The molecular weight excluding hydrogens is 333 g/mol. The molecule has 0 aliphatic heterocycles. The third-order valence-corrected chi connectivity index (χ3v) is 5.55. The molecule has 1 fully saturated rings. The molecule has 0 unspecified atom stereocenters. The fraction of sp³-hybridized carbons (Fsp3) is 0.375. The van der Waals surface area contributed by atoms with E-state index in [-0.39, 0.29) is 23.5 Å². The third-order valence-electron chi connectivity index (χ3n) is 3.93. The summed E-state index contributed by atoms with van der Waals surface area (Å²) in [6.45, 7) is 1.70. The molecule has 0 amide bonds. The van der Waals surface area contributed by atoms with Gasteiger partial charge < -0.3 is 0 Å². The monoisotopic (exact) mass is 351 g/mol. The van der Waals surface area contributed by atoms with Crippen molar-refractivity contribution in [2.75, 3.05) is 6.54 Å². The van der Waals surface area contributed by atoms with Gasteiger partial charge in [-0.05, 0) is 49.6 Å². The number of nitrogens with zero attached hydrogens (tertiary/aromatic N) is 2. The largest absolute Gasteiger partial charge is 0.268 e. The van der Waals surface area contributed by atoms with Crippen molar-refractivity contribution < 1.29 is 12.8 Å². The van der Waals surface area contributed by atoms with E-state index in [0.717, 1.165) is 24.6 Å². The Bertz CT molecular complexity index is 920. The van der Waals surface area contributed by atoms with Gasteiger partial charge in [0.15, 0.2) is 0 Å². The van der Waals surface area contributed by atoms with E-state index in [0.29, 0.717) is 11.5 Å². The summed E-state index contributed by atoms with van der Waals surface area (Å²) in [5.74, 6) is -0.0745. The summed E-state index contributed by atoms with van der Waals surface area (Å²) in [6, 6.07) is 6.68. The van der Waals surface area contributed by atoms with Crippen LogP contribution >= 0.6 is 0 Å². The van der Waals surface area contributed by atoms with Gasteiger partial charge in [-0.3, -0.25) is 4.79 Å². The first-order valence-corrected chi connectivity index (χ1v) is 9.19. The van der Waals surface area contributed by atoms with Crippen molar-refractivity contribution in [2.24, 2.45) is 0 Å². The molecule has 1 saturated carbocycles. The quantitative estimate of drug-likeness (QED) is 0.856. The minimum atomic E-state index is -3.76. The van der Waals surface area contributed by atoms with Crippen LogP contribution in [0.5, 0.6) is 0 Å². The molecule has 0 spiro atoms. The Morgan fingerprint density at radius 2 is 2.04 bits per heavy atom. The lowest BCUT2D eigenvalue weighted by Crippen LogP contribution is -2.32. The van der Waals surface area contributed by atoms with Gasteiger partial charge in [-0.2, -0.15) is 5.10 Å². The molecule has 8 heteroatoms. The number of hydrogen-bond acceptors (Lipinski definition) is 4. The minimum Gasteiger partial charge on any atom is -0.268 e. The summed E-state index contributed by atoms with van der Waals surface area (Å²) >= 11 is 0. The molecule has 1 aromatic carbocycles. The zero-order valence-corrected chi connectivity index (χ0v) is 14.0. The van der Waals surface area contributed by atoms with Crippen LogP contribution in [0.2, 0.25) is 0 Å². The number of halogens is 1. The first-order chi connectivity index (χ1) is 11.4. The van der Waals surface area contributed by atoms with Crippen LogP contribution in [0, 0.1) is 12.7 Å². The number of sulfonamides is 1. The first-order valence-electron chi connectivity index (χ1n) is 7.71. The van der Waals surface area contributed by atoms with E-state index in [1.165, 1.54) is 29.8 Å². The zero-order chi connectivity index (χ0) is 17.3. The van der Waals surface area contributed by atoms with E-state index in [1.807, 2.05) is 0 Å². The molecule has 0 bridgehead atoms. The van der Waals surface area contributed by atoms with E-state index in [1.54, 1.807) is 6.07 Å². The lowest BCUT2D eigenvalue weighted by molar-refractivity contribution is 0.540. The fourth-order valence-corrected chi connectivity index (χ4v) is 3.75. The molecule has 1 N–H and O–H groups in total. The van der Waals surface area contributed by atoms with Crippen molar-refractivity contribution in [1.29, 1.82) is 0 Å². The first kappa shape index (κ1) is 16.8. The molecule has 24 heavy (non-hydrogen) atoms. The number of rotatable bonds is 6. The number of benzene rings is 1. The number of hydrogen-bond donors (Lipinski definition) is 1. The van der Waals surface area contributed by atoms with Gasteiger partial charge >= 0.3 is 0 Å². The highest BCUT2D eigenvalue weighted by Gasteiger charge is 2.25. The molecule has 0 radical (unpaired) electrons. The zero-order valence-electron chi connectivity index (χ0n) is 13.2. The van der Waals surface area contributed by atoms with Crippen LogP contribution in [0.1, 0.15) is 30.0 Å². The number of aromatic nitrogens is 2. The predicted octanol–water partition coefficient (Wildman–Crippen LogP) is 1.55. The second-order valence-corrected chi connectivity index (χ2v) is 7.64. The van der Waals surface area contributed by atoms with Crippen LogP contribution in [0.3, 0.4) is 0 Å². The molecule has 1 aliphatic rings. The van der Waals surface area contributed by atoms with Gasteiger partial charge in [0, 0.05) is 18.5 Å². The second kappa shape index (κ2) is 6.45. The van der Waals surface area contributed by atoms with Crippen LogP contribution in [-0.2, 0) is 16.6 Å². The maximum absolute atomic E-state index is 13.1. The summed E-state index contributed by atoms with van der Waals surface area (Å²) in [5.41, 5.74) is 0.928. The van der Waals surface area contributed by atoms with Crippen LogP contribution in [-0.4, -0.2) is 24.7 Å². The normalized spacial score (nSPS) is 14.8. The van der Waals surface area contributed by atoms with Gasteiger partial charge in [0.25, 0.3) is 5.56 Å². The number of aryl methyl sites for hydroxylation is 1. The molecule has 1 aliphatic carbocycles. The van der Waals surface area contributed by atoms with Crippen molar-refractivity contribution in [3.05, 3.63) is 57.8 Å². The lowest BCUT2D eigenvalue weighted by Gasteiger charge is -2.10. The highest BCUT2D eigenvalue weighted by molar-refractivity contribution is 7.89. The Balaban J connectivity index is 1.69. The van der Waals surface area contributed by atoms with Gasteiger partial charge in [0.05, 0.1) is 17.1 Å². The standard InChI is InChI=1S/C16H18FN3O3S/c1-11-10-13(17)4-6-15(11)24(22,23)18-8-9-20-16(21)7-5-14(19-20)12-2-3-12/h4-7,10,12,18H,2-3,8-9H2,1H3. The highest BCUT2D eigenvalue weighted by atomic mass is 32.2. The SMILES string of the molecule is Cc1cc(F)ccc1S(=O)(=O)NCCn1nc(C2CC2)ccc1=O. The van der Waals surface area contributed by atoms with Crippen molar-refractivity contribution in [2.45, 2.75) is 37.1 Å². The third kappa shape index (κ3) is 3.70. The van der Waals surface area contributed by atoms with Crippen molar-refractivity contribution >= 4 is 10.0 Å². The molecule has 1 aromatic heterocycles. The van der Waals surface area contributed by atoms with Gasteiger partial charge in [-0.15, -0.1) is 0 Å². The maximum atomic E-state index is 13.1.